The van der Waals surface area contributed by atoms with Gasteiger partial charge in [-0.2, -0.15) is 5.10 Å². The number of hydrogen-bond acceptors (Lipinski definition) is 5. The Kier molecular flexibility index (Phi) is 6.43. The van der Waals surface area contributed by atoms with E-state index in [0.717, 1.165) is 13.1 Å². The largest absolute Gasteiger partial charge is 0.389 e. The van der Waals surface area contributed by atoms with Crippen LogP contribution in [0, 0.1) is 6.92 Å². The van der Waals surface area contributed by atoms with E-state index in [1.165, 1.54) is 29.7 Å². The minimum Gasteiger partial charge on any atom is -0.389 e. The molecular formula is C18H27N3O2S. The predicted molar refractivity (Wildman–Crippen MR) is 96.2 cm³/mol. The standard InChI is InChI=1S/C18H27N3O2S/c1-15-9-19-21(10-15)11-16-5-2-3-7-20(16)12-17(22)13-23-14-18-6-4-8-24-18/h4,6,8-10,16-17,22H,2-3,5,7,11-14H2,1H3. The van der Waals surface area contributed by atoms with Gasteiger partial charge in [0.05, 0.1) is 32.1 Å². The number of piperidine rings is 1. The van der Waals surface area contributed by atoms with Gasteiger partial charge in [-0.1, -0.05) is 12.5 Å². The van der Waals surface area contributed by atoms with Gasteiger partial charge in [0.1, 0.15) is 0 Å². The highest BCUT2D eigenvalue weighted by Gasteiger charge is 2.25. The Labute approximate surface area is 147 Å². The van der Waals surface area contributed by atoms with Crippen molar-refractivity contribution in [3.05, 3.63) is 40.3 Å². The van der Waals surface area contributed by atoms with Gasteiger partial charge in [-0.15, -0.1) is 11.3 Å². The first-order chi connectivity index (χ1) is 11.7. The number of rotatable bonds is 8. The van der Waals surface area contributed by atoms with Crippen LogP contribution in [-0.2, 0) is 17.9 Å². The van der Waals surface area contributed by atoms with E-state index in [1.807, 2.05) is 22.3 Å². The molecule has 0 spiro atoms. The van der Waals surface area contributed by atoms with E-state index < -0.39 is 6.10 Å². The first-order valence-corrected chi connectivity index (χ1v) is 9.60. The van der Waals surface area contributed by atoms with E-state index in [-0.39, 0.29) is 0 Å². The lowest BCUT2D eigenvalue weighted by Gasteiger charge is -2.36. The molecule has 0 saturated carbocycles. The molecule has 1 saturated heterocycles. The van der Waals surface area contributed by atoms with Gasteiger partial charge in [-0.05, 0) is 43.3 Å². The van der Waals surface area contributed by atoms with E-state index >= 15 is 0 Å². The van der Waals surface area contributed by atoms with Gasteiger partial charge >= 0.3 is 0 Å². The third-order valence-corrected chi connectivity index (χ3v) is 5.34. The van der Waals surface area contributed by atoms with Crippen LogP contribution in [-0.4, -0.2) is 51.6 Å². The minimum absolute atomic E-state index is 0.391. The minimum atomic E-state index is -0.440. The van der Waals surface area contributed by atoms with Gasteiger partial charge in [-0.3, -0.25) is 9.58 Å². The van der Waals surface area contributed by atoms with Crippen LogP contribution in [0.15, 0.2) is 29.9 Å². The zero-order valence-corrected chi connectivity index (χ0v) is 15.1. The Bertz CT molecular complexity index is 599. The summed E-state index contributed by atoms with van der Waals surface area (Å²) in [6, 6.07) is 4.53. The number of thiophene rings is 1. The maximum atomic E-state index is 10.3. The Balaban J connectivity index is 1.45. The molecule has 1 fully saturated rings. The first kappa shape index (κ1) is 17.6. The molecule has 6 heteroatoms. The molecule has 2 unspecified atom stereocenters. The molecule has 3 rings (SSSR count). The molecular weight excluding hydrogens is 322 g/mol. The molecule has 2 aromatic rings. The van der Waals surface area contributed by atoms with Crippen LogP contribution in [0.2, 0.25) is 0 Å². The second-order valence-corrected chi connectivity index (χ2v) is 7.66. The lowest BCUT2D eigenvalue weighted by molar-refractivity contribution is -0.00511. The Hall–Kier alpha value is -1.21. The first-order valence-electron chi connectivity index (χ1n) is 8.72. The molecule has 2 atom stereocenters. The third-order valence-electron chi connectivity index (χ3n) is 4.49. The second kappa shape index (κ2) is 8.76. The molecule has 1 aliphatic rings. The summed E-state index contributed by atoms with van der Waals surface area (Å²) in [5.41, 5.74) is 1.19. The smallest absolute Gasteiger partial charge is 0.0900 e. The monoisotopic (exact) mass is 349 g/mol. The molecule has 0 aliphatic carbocycles. The number of ether oxygens (including phenoxy) is 1. The van der Waals surface area contributed by atoms with E-state index in [2.05, 4.69) is 29.2 Å². The summed E-state index contributed by atoms with van der Waals surface area (Å²) in [7, 11) is 0. The number of likely N-dealkylation sites (tertiary alicyclic amines) is 1. The topological polar surface area (TPSA) is 50.5 Å². The average Bonchev–Trinajstić information content (AvgIpc) is 3.21. The molecule has 0 amide bonds. The summed E-state index contributed by atoms with van der Waals surface area (Å²) in [6.07, 6.45) is 7.18. The maximum Gasteiger partial charge on any atom is 0.0900 e. The fraction of sp³-hybridized carbons (Fsp3) is 0.611. The molecule has 0 radical (unpaired) electrons. The summed E-state index contributed by atoms with van der Waals surface area (Å²) in [4.78, 5) is 3.60. The quantitative estimate of drug-likeness (QED) is 0.796. The third kappa shape index (κ3) is 5.14. The number of aliphatic hydroxyl groups excluding tert-OH is 1. The predicted octanol–water partition coefficient (Wildman–Crippen LogP) is 2.69. The van der Waals surface area contributed by atoms with Crippen molar-refractivity contribution < 1.29 is 9.84 Å². The van der Waals surface area contributed by atoms with Crippen LogP contribution in [0.5, 0.6) is 0 Å². The molecule has 2 aromatic heterocycles. The van der Waals surface area contributed by atoms with E-state index in [0.29, 0.717) is 25.8 Å². The van der Waals surface area contributed by atoms with Gasteiger partial charge < -0.3 is 9.84 Å². The second-order valence-electron chi connectivity index (χ2n) is 6.63. The molecule has 3 heterocycles. The van der Waals surface area contributed by atoms with Crippen molar-refractivity contribution in [1.29, 1.82) is 0 Å². The van der Waals surface area contributed by atoms with Crippen LogP contribution >= 0.6 is 11.3 Å². The summed E-state index contributed by atoms with van der Waals surface area (Å²) < 4.78 is 7.68. The van der Waals surface area contributed by atoms with Crippen molar-refractivity contribution in [2.75, 3.05) is 19.7 Å². The van der Waals surface area contributed by atoms with E-state index in [4.69, 9.17) is 4.74 Å². The highest BCUT2D eigenvalue weighted by atomic mass is 32.1. The molecule has 132 valence electrons. The van der Waals surface area contributed by atoms with Crippen LogP contribution in [0.25, 0.3) is 0 Å². The van der Waals surface area contributed by atoms with Crippen molar-refractivity contribution in [2.24, 2.45) is 0 Å². The summed E-state index contributed by atoms with van der Waals surface area (Å²) >= 11 is 1.69. The zero-order valence-electron chi connectivity index (χ0n) is 14.3. The number of aliphatic hydroxyl groups is 1. The fourth-order valence-electron chi connectivity index (χ4n) is 3.30. The average molecular weight is 350 g/mol. The van der Waals surface area contributed by atoms with Crippen molar-refractivity contribution in [3.8, 4) is 0 Å². The molecule has 1 aliphatic heterocycles. The number of aromatic nitrogens is 2. The van der Waals surface area contributed by atoms with Gasteiger partial charge in [-0.25, -0.2) is 0 Å². The van der Waals surface area contributed by atoms with Gasteiger partial charge in [0.25, 0.3) is 0 Å². The SMILES string of the molecule is Cc1cnn(CC2CCCCN2CC(O)COCc2cccs2)c1. The van der Waals surface area contributed by atoms with Crippen LogP contribution < -0.4 is 0 Å². The summed E-state index contributed by atoms with van der Waals surface area (Å²) in [6.45, 7) is 5.67. The van der Waals surface area contributed by atoms with Gasteiger partial charge in [0.2, 0.25) is 0 Å². The lowest BCUT2D eigenvalue weighted by Crippen LogP contribution is -2.46. The van der Waals surface area contributed by atoms with E-state index in [9.17, 15) is 5.11 Å². The fourth-order valence-corrected chi connectivity index (χ4v) is 3.94. The number of β-amino-alcohol motifs (C(OH)–C–C–N with tert-alkyl or cyclic N) is 1. The summed E-state index contributed by atoms with van der Waals surface area (Å²) in [5.74, 6) is 0. The van der Waals surface area contributed by atoms with Crippen molar-refractivity contribution in [2.45, 2.75) is 51.5 Å². The number of hydrogen-bond donors (Lipinski definition) is 1. The molecule has 5 nitrogen and oxygen atoms in total. The molecule has 0 aromatic carbocycles. The van der Waals surface area contributed by atoms with Crippen LogP contribution in [0.3, 0.4) is 0 Å². The van der Waals surface area contributed by atoms with Crippen molar-refractivity contribution >= 4 is 11.3 Å². The molecule has 1 N–H and O–H groups in total. The number of aryl methyl sites for hydroxylation is 1. The Morgan fingerprint density at radius 2 is 2.38 bits per heavy atom. The number of nitrogens with zero attached hydrogens (tertiary/aromatic N) is 3. The highest BCUT2D eigenvalue weighted by molar-refractivity contribution is 7.09. The Morgan fingerprint density at radius 1 is 1.46 bits per heavy atom. The molecule has 24 heavy (non-hydrogen) atoms. The highest BCUT2D eigenvalue weighted by Crippen LogP contribution is 2.19. The zero-order chi connectivity index (χ0) is 16.8. The van der Waals surface area contributed by atoms with Crippen molar-refractivity contribution in [1.82, 2.24) is 14.7 Å². The molecule has 0 bridgehead atoms. The van der Waals surface area contributed by atoms with Crippen LogP contribution in [0.1, 0.15) is 29.7 Å². The maximum absolute atomic E-state index is 10.3. The van der Waals surface area contributed by atoms with Gasteiger partial charge in [0, 0.05) is 23.7 Å². The van der Waals surface area contributed by atoms with Crippen molar-refractivity contribution in [3.63, 3.8) is 0 Å². The van der Waals surface area contributed by atoms with Gasteiger partial charge in [0.15, 0.2) is 0 Å². The normalized spacial score (nSPS) is 20.3. The Morgan fingerprint density at radius 3 is 3.12 bits per heavy atom. The van der Waals surface area contributed by atoms with E-state index in [1.54, 1.807) is 11.3 Å². The lowest BCUT2D eigenvalue weighted by atomic mass is 10.0. The van der Waals surface area contributed by atoms with Crippen LogP contribution in [0.4, 0.5) is 0 Å². The summed E-state index contributed by atoms with van der Waals surface area (Å²) in [5, 5.41) is 16.8.